The Morgan fingerprint density at radius 2 is 1.54 bits per heavy atom. The lowest BCUT2D eigenvalue weighted by Crippen LogP contribution is -2.00. The largest absolute Gasteiger partial charge is 0.450 e. The second-order valence-electron chi connectivity index (χ2n) is 4.41. The average molecular weight is 335 g/mol. The summed E-state index contributed by atoms with van der Waals surface area (Å²) in [4.78, 5) is 34.5. The number of nitro groups is 2. The average Bonchev–Trinajstić information content (AvgIpc) is 2.54. The molecule has 11 heteroatoms. The molecule has 124 valence electrons. The fourth-order valence-corrected chi connectivity index (χ4v) is 1.76. The van der Waals surface area contributed by atoms with Crippen LogP contribution in [0.4, 0.5) is 11.4 Å². The Bertz CT molecular complexity index is 790. The molecule has 0 aromatic heterocycles. The van der Waals surface area contributed by atoms with Crippen molar-refractivity contribution in [3.05, 3.63) is 78.4 Å². The molecular formula is C13H9N3O8. The zero-order valence-electron chi connectivity index (χ0n) is 11.9. The molecule has 2 aromatic carbocycles. The lowest BCUT2D eigenvalue weighted by molar-refractivity contribution is -0.763. The zero-order valence-corrected chi connectivity index (χ0v) is 11.9. The summed E-state index contributed by atoms with van der Waals surface area (Å²) in [6.45, 7) is -0.245. The number of rotatable bonds is 7. The maximum Gasteiger partial charge on any atom is 0.318 e. The van der Waals surface area contributed by atoms with Crippen LogP contribution in [0, 0.1) is 30.3 Å². The van der Waals surface area contributed by atoms with E-state index in [9.17, 15) is 30.3 Å². The quantitative estimate of drug-likeness (QED) is 0.553. The Labute approximate surface area is 133 Å². The molecule has 0 amide bonds. The summed E-state index contributed by atoms with van der Waals surface area (Å²) in [5.74, 6) is 0.0525. The van der Waals surface area contributed by atoms with Crippen LogP contribution in [-0.2, 0) is 11.4 Å². The van der Waals surface area contributed by atoms with Gasteiger partial charge in [0.05, 0.1) is 15.9 Å². The van der Waals surface area contributed by atoms with Gasteiger partial charge in [0.15, 0.2) is 0 Å². The summed E-state index contributed by atoms with van der Waals surface area (Å²) >= 11 is 0. The van der Waals surface area contributed by atoms with E-state index in [1.807, 2.05) is 0 Å². The normalized spacial score (nSPS) is 10.0. The molecule has 0 spiro atoms. The fraction of sp³-hybridized carbons (Fsp3) is 0.0769. The minimum Gasteiger partial charge on any atom is -0.450 e. The molecule has 11 nitrogen and oxygen atoms in total. The van der Waals surface area contributed by atoms with E-state index in [1.165, 1.54) is 24.3 Å². The maximum atomic E-state index is 11.0. The van der Waals surface area contributed by atoms with Crippen LogP contribution in [0.2, 0.25) is 0 Å². The summed E-state index contributed by atoms with van der Waals surface area (Å²) in [5, 5.41) is 30.9. The molecule has 0 aliphatic carbocycles. The van der Waals surface area contributed by atoms with Gasteiger partial charge in [0.1, 0.15) is 12.4 Å². The van der Waals surface area contributed by atoms with Gasteiger partial charge in [-0.05, 0) is 23.8 Å². The van der Waals surface area contributed by atoms with Crippen LogP contribution >= 0.6 is 0 Å². The van der Waals surface area contributed by atoms with Crippen molar-refractivity contribution in [2.75, 3.05) is 0 Å². The molecule has 0 aliphatic rings. The zero-order chi connectivity index (χ0) is 17.7. The van der Waals surface area contributed by atoms with Crippen LogP contribution in [0.3, 0.4) is 0 Å². The molecule has 0 atom stereocenters. The van der Waals surface area contributed by atoms with Crippen molar-refractivity contribution in [1.29, 1.82) is 0 Å². The van der Waals surface area contributed by atoms with E-state index in [0.29, 0.717) is 5.56 Å². The molecule has 0 saturated heterocycles. The highest BCUT2D eigenvalue weighted by molar-refractivity contribution is 5.54. The second-order valence-corrected chi connectivity index (χ2v) is 4.41. The minimum atomic E-state index is -0.926. The van der Waals surface area contributed by atoms with Gasteiger partial charge in [-0.3, -0.25) is 20.2 Å². The molecule has 0 radical (unpaired) electrons. The number of benzene rings is 2. The SMILES string of the molecule is O=[N+]([O-])OCc1ccc(Oc2ccc([N+](=O)[O-])cc2[N+](=O)[O-])cc1. The third-order valence-electron chi connectivity index (χ3n) is 2.84. The second kappa shape index (κ2) is 7.00. The van der Waals surface area contributed by atoms with Gasteiger partial charge in [-0.2, -0.15) is 0 Å². The van der Waals surface area contributed by atoms with E-state index >= 15 is 0 Å². The van der Waals surface area contributed by atoms with Crippen molar-refractivity contribution in [3.63, 3.8) is 0 Å². The van der Waals surface area contributed by atoms with E-state index in [-0.39, 0.29) is 18.1 Å². The maximum absolute atomic E-state index is 11.0. The van der Waals surface area contributed by atoms with Crippen LogP contribution in [0.15, 0.2) is 42.5 Å². The third-order valence-corrected chi connectivity index (χ3v) is 2.84. The first-order valence-corrected chi connectivity index (χ1v) is 6.34. The van der Waals surface area contributed by atoms with Crippen molar-refractivity contribution in [2.24, 2.45) is 0 Å². The van der Waals surface area contributed by atoms with Gasteiger partial charge in [0.25, 0.3) is 10.8 Å². The van der Waals surface area contributed by atoms with Gasteiger partial charge < -0.3 is 9.57 Å². The lowest BCUT2D eigenvalue weighted by atomic mass is 10.2. The number of non-ortho nitro benzene ring substituents is 1. The van der Waals surface area contributed by atoms with E-state index < -0.39 is 26.3 Å². The molecule has 24 heavy (non-hydrogen) atoms. The monoisotopic (exact) mass is 335 g/mol. The molecule has 2 aromatic rings. The van der Waals surface area contributed by atoms with E-state index in [4.69, 9.17) is 4.74 Å². The topological polar surface area (TPSA) is 148 Å². The van der Waals surface area contributed by atoms with Crippen molar-refractivity contribution in [1.82, 2.24) is 0 Å². The summed E-state index contributed by atoms with van der Waals surface area (Å²) in [5.41, 5.74) is -0.483. The molecule has 0 aliphatic heterocycles. The Morgan fingerprint density at radius 3 is 2.08 bits per heavy atom. The number of nitro benzene ring substituents is 2. The van der Waals surface area contributed by atoms with E-state index in [1.54, 1.807) is 0 Å². The Hall–Kier alpha value is -3.76. The summed E-state index contributed by atoms with van der Waals surface area (Å²) in [7, 11) is 0. The molecular weight excluding hydrogens is 326 g/mol. The van der Waals surface area contributed by atoms with Gasteiger partial charge in [-0.25, -0.2) is 0 Å². The highest BCUT2D eigenvalue weighted by atomic mass is 16.9. The first-order chi connectivity index (χ1) is 11.4. The van der Waals surface area contributed by atoms with Crippen LogP contribution in [0.5, 0.6) is 11.5 Å². The van der Waals surface area contributed by atoms with Gasteiger partial charge >= 0.3 is 5.69 Å². The third kappa shape index (κ3) is 4.13. The summed E-state index contributed by atoms with van der Waals surface area (Å²) < 4.78 is 5.35. The first kappa shape index (κ1) is 16.6. The number of nitrogens with zero attached hydrogens (tertiary/aromatic N) is 3. The highest BCUT2D eigenvalue weighted by Crippen LogP contribution is 2.34. The van der Waals surface area contributed by atoms with Gasteiger partial charge in [-0.15, -0.1) is 10.1 Å². The minimum absolute atomic E-state index is 0.167. The van der Waals surface area contributed by atoms with Crippen LogP contribution in [0.1, 0.15) is 5.56 Å². The van der Waals surface area contributed by atoms with Crippen molar-refractivity contribution in [2.45, 2.75) is 6.61 Å². The smallest absolute Gasteiger partial charge is 0.318 e. The Balaban J connectivity index is 2.19. The Morgan fingerprint density at radius 1 is 0.875 bits per heavy atom. The molecule has 0 heterocycles. The van der Waals surface area contributed by atoms with Crippen molar-refractivity contribution >= 4 is 11.4 Å². The van der Waals surface area contributed by atoms with E-state index in [0.717, 1.165) is 18.2 Å². The Kier molecular flexibility index (Phi) is 4.84. The summed E-state index contributed by atoms with van der Waals surface area (Å²) in [6.07, 6.45) is 0. The predicted octanol–water partition coefficient (Wildman–Crippen LogP) is 3.00. The molecule has 0 fully saturated rings. The number of ether oxygens (including phenoxy) is 1. The predicted molar refractivity (Wildman–Crippen MR) is 78.1 cm³/mol. The highest BCUT2D eigenvalue weighted by Gasteiger charge is 2.21. The molecule has 0 saturated carbocycles. The van der Waals surface area contributed by atoms with Crippen molar-refractivity contribution in [3.8, 4) is 11.5 Å². The van der Waals surface area contributed by atoms with Gasteiger partial charge in [0.2, 0.25) is 5.75 Å². The van der Waals surface area contributed by atoms with Gasteiger partial charge in [0, 0.05) is 6.07 Å². The number of hydrogen-bond donors (Lipinski definition) is 0. The molecule has 0 unspecified atom stereocenters. The standard InChI is InChI=1S/C13H9N3O8/c17-14(18)10-3-6-13(12(7-10)15(19)20)24-11-4-1-9(2-5-11)8-23-16(21)22/h1-7H,8H2. The fourth-order valence-electron chi connectivity index (χ4n) is 1.76. The van der Waals surface area contributed by atoms with E-state index in [2.05, 4.69) is 4.84 Å². The first-order valence-electron chi connectivity index (χ1n) is 6.34. The lowest BCUT2D eigenvalue weighted by Gasteiger charge is -2.07. The summed E-state index contributed by atoms with van der Waals surface area (Å²) in [6, 6.07) is 8.84. The van der Waals surface area contributed by atoms with Crippen LogP contribution < -0.4 is 4.74 Å². The van der Waals surface area contributed by atoms with Crippen LogP contribution in [0.25, 0.3) is 0 Å². The molecule has 0 bridgehead atoms. The van der Waals surface area contributed by atoms with Gasteiger partial charge in [-0.1, -0.05) is 12.1 Å². The van der Waals surface area contributed by atoms with Crippen molar-refractivity contribution < 1.29 is 24.5 Å². The molecule has 0 N–H and O–H groups in total. The van der Waals surface area contributed by atoms with Crippen LogP contribution in [-0.4, -0.2) is 14.9 Å². The number of hydrogen-bond acceptors (Lipinski definition) is 8. The molecule has 2 rings (SSSR count).